The van der Waals surface area contributed by atoms with E-state index in [1.165, 1.54) is 0 Å². The van der Waals surface area contributed by atoms with Crippen molar-refractivity contribution in [3.8, 4) is 5.75 Å². The van der Waals surface area contributed by atoms with Crippen molar-refractivity contribution in [2.24, 2.45) is 0 Å². The Morgan fingerprint density at radius 3 is 2.48 bits per heavy atom. The molecule has 2 fully saturated rings. The topological polar surface area (TPSA) is 61.9 Å². The highest BCUT2D eigenvalue weighted by molar-refractivity contribution is 5.78. The van der Waals surface area contributed by atoms with Crippen LogP contribution in [0.4, 0.5) is 4.79 Å². The molecule has 148 valence electrons. The minimum absolute atomic E-state index is 0.0388. The summed E-state index contributed by atoms with van der Waals surface area (Å²) in [5, 5.41) is 3.03. The van der Waals surface area contributed by atoms with Gasteiger partial charge < -0.3 is 19.9 Å². The smallest absolute Gasteiger partial charge is 0.317 e. The molecule has 6 heteroatoms. The molecule has 1 atom stereocenters. The molecule has 0 spiro atoms. The highest BCUT2D eigenvalue weighted by Crippen LogP contribution is 2.26. The molecule has 6 nitrogen and oxygen atoms in total. The molecule has 2 heterocycles. The van der Waals surface area contributed by atoms with E-state index >= 15 is 0 Å². The second-order valence-corrected chi connectivity index (χ2v) is 7.82. The Morgan fingerprint density at radius 1 is 1.22 bits per heavy atom. The van der Waals surface area contributed by atoms with E-state index in [-0.39, 0.29) is 24.1 Å². The lowest BCUT2D eigenvalue weighted by molar-refractivity contribution is -0.127. The van der Waals surface area contributed by atoms with Crippen LogP contribution in [0.15, 0.2) is 18.2 Å². The number of aryl methyl sites for hydroxylation is 2. The van der Waals surface area contributed by atoms with Gasteiger partial charge in [-0.1, -0.05) is 18.2 Å². The third-order valence-corrected chi connectivity index (χ3v) is 5.46. The number of amides is 3. The van der Waals surface area contributed by atoms with E-state index in [1.807, 2.05) is 22.8 Å². The van der Waals surface area contributed by atoms with Gasteiger partial charge in [-0.25, -0.2) is 4.79 Å². The molecule has 0 radical (unpaired) electrons. The first-order valence-electron chi connectivity index (χ1n) is 10.00. The van der Waals surface area contributed by atoms with Crippen LogP contribution >= 0.6 is 0 Å². The number of carbonyl (C=O) groups is 2. The first kappa shape index (κ1) is 19.5. The fourth-order valence-electron chi connectivity index (χ4n) is 3.90. The summed E-state index contributed by atoms with van der Waals surface area (Å²) < 4.78 is 6.22. The maximum absolute atomic E-state index is 12.5. The van der Waals surface area contributed by atoms with Crippen LogP contribution in [0, 0.1) is 13.8 Å². The Bertz CT molecular complexity index is 663. The second kappa shape index (κ2) is 8.63. The Hall–Kier alpha value is -2.24. The number of hydrogen-bond donors (Lipinski definition) is 1. The zero-order valence-corrected chi connectivity index (χ0v) is 16.7. The van der Waals surface area contributed by atoms with Gasteiger partial charge in [-0.3, -0.25) is 4.79 Å². The lowest BCUT2D eigenvalue weighted by Crippen LogP contribution is -2.51. The van der Waals surface area contributed by atoms with Gasteiger partial charge in [0.05, 0.1) is 0 Å². The number of rotatable bonds is 5. The first-order chi connectivity index (χ1) is 12.9. The van der Waals surface area contributed by atoms with Gasteiger partial charge in [0, 0.05) is 51.5 Å². The minimum atomic E-state index is -0.0420. The monoisotopic (exact) mass is 373 g/mol. The van der Waals surface area contributed by atoms with E-state index < -0.39 is 0 Å². The predicted octanol–water partition coefficient (Wildman–Crippen LogP) is 2.87. The summed E-state index contributed by atoms with van der Waals surface area (Å²) >= 11 is 0. The number of carbonyl (C=O) groups excluding carboxylic acids is 2. The maximum Gasteiger partial charge on any atom is 0.317 e. The van der Waals surface area contributed by atoms with Crippen molar-refractivity contribution in [2.45, 2.75) is 58.6 Å². The van der Waals surface area contributed by atoms with E-state index in [9.17, 15) is 9.59 Å². The number of ether oxygens (including phenoxy) is 1. The van der Waals surface area contributed by atoms with E-state index in [1.54, 1.807) is 0 Å². The van der Waals surface area contributed by atoms with E-state index in [4.69, 9.17) is 4.74 Å². The van der Waals surface area contributed by atoms with Crippen molar-refractivity contribution in [3.63, 3.8) is 0 Å². The second-order valence-electron chi connectivity index (χ2n) is 7.82. The number of likely N-dealkylation sites (tertiary alicyclic amines) is 2. The quantitative estimate of drug-likeness (QED) is 0.863. The van der Waals surface area contributed by atoms with Crippen molar-refractivity contribution >= 4 is 11.9 Å². The molecule has 1 aromatic rings. The van der Waals surface area contributed by atoms with Crippen molar-refractivity contribution in [1.82, 2.24) is 15.1 Å². The lowest BCUT2D eigenvalue weighted by atomic mass is 10.1. The first-order valence-corrected chi connectivity index (χ1v) is 10.00. The molecule has 0 unspecified atom stereocenters. The highest BCUT2D eigenvalue weighted by Gasteiger charge is 2.27. The van der Waals surface area contributed by atoms with E-state index in [0.29, 0.717) is 26.1 Å². The normalized spacial score (nSPS) is 19.3. The summed E-state index contributed by atoms with van der Waals surface area (Å²) in [6, 6.07) is 6.10. The predicted molar refractivity (Wildman–Crippen MR) is 105 cm³/mol. The van der Waals surface area contributed by atoms with Crippen LogP contribution in [-0.2, 0) is 4.79 Å². The fourth-order valence-corrected chi connectivity index (χ4v) is 3.90. The van der Waals surface area contributed by atoms with Crippen molar-refractivity contribution in [2.75, 3.05) is 26.2 Å². The van der Waals surface area contributed by atoms with Crippen LogP contribution in [0.1, 0.15) is 43.7 Å². The van der Waals surface area contributed by atoms with Gasteiger partial charge >= 0.3 is 6.03 Å². The fraction of sp³-hybridized carbons (Fsp3) is 0.619. The summed E-state index contributed by atoms with van der Waals surface area (Å²) in [7, 11) is 0. The number of hydrogen-bond acceptors (Lipinski definition) is 3. The summed E-state index contributed by atoms with van der Waals surface area (Å²) in [5.41, 5.74) is 2.31. The molecular formula is C21H31N3O3. The number of piperidine rings is 1. The summed E-state index contributed by atoms with van der Waals surface area (Å²) in [6.45, 7) is 8.87. The van der Waals surface area contributed by atoms with Crippen LogP contribution < -0.4 is 10.1 Å². The van der Waals surface area contributed by atoms with E-state index in [2.05, 4.69) is 31.3 Å². The Balaban J connectivity index is 1.44. The van der Waals surface area contributed by atoms with Gasteiger partial charge in [-0.05, 0) is 38.3 Å². The SMILES string of the molecule is Cc1cccc(C)c1OC1CCN(C(=O)N[C@H](C)CN2CCCC2=O)CC1. The van der Waals surface area contributed by atoms with Gasteiger partial charge in [0.2, 0.25) is 5.91 Å². The molecule has 3 amide bonds. The lowest BCUT2D eigenvalue weighted by Gasteiger charge is -2.34. The molecule has 3 rings (SSSR count). The number of para-hydroxylation sites is 1. The Morgan fingerprint density at radius 2 is 1.89 bits per heavy atom. The number of urea groups is 1. The molecule has 2 saturated heterocycles. The maximum atomic E-state index is 12.5. The molecular weight excluding hydrogens is 342 g/mol. The van der Waals surface area contributed by atoms with Gasteiger partial charge in [0.1, 0.15) is 11.9 Å². The van der Waals surface area contributed by atoms with Crippen LogP contribution in [0.3, 0.4) is 0 Å². The van der Waals surface area contributed by atoms with Gasteiger partial charge in [0.25, 0.3) is 0 Å². The molecule has 2 aliphatic rings. The number of nitrogens with one attached hydrogen (secondary N) is 1. The Labute approximate surface area is 161 Å². The van der Waals surface area contributed by atoms with Gasteiger partial charge in [-0.15, -0.1) is 0 Å². The van der Waals surface area contributed by atoms with Gasteiger partial charge in [0.15, 0.2) is 0 Å². The molecule has 27 heavy (non-hydrogen) atoms. The Kier molecular flexibility index (Phi) is 6.24. The van der Waals surface area contributed by atoms with Crippen LogP contribution in [0.25, 0.3) is 0 Å². The zero-order chi connectivity index (χ0) is 19.4. The molecule has 0 aromatic heterocycles. The van der Waals surface area contributed by atoms with Gasteiger partial charge in [-0.2, -0.15) is 0 Å². The molecule has 1 aromatic carbocycles. The summed E-state index contributed by atoms with van der Waals surface area (Å²) in [4.78, 5) is 27.9. The number of benzene rings is 1. The van der Waals surface area contributed by atoms with Crippen LogP contribution in [0.5, 0.6) is 5.75 Å². The van der Waals surface area contributed by atoms with Crippen molar-refractivity contribution in [1.29, 1.82) is 0 Å². The average Bonchev–Trinajstić information content (AvgIpc) is 3.03. The average molecular weight is 373 g/mol. The van der Waals surface area contributed by atoms with Crippen molar-refractivity contribution < 1.29 is 14.3 Å². The standard InChI is InChI=1S/C21H31N3O3/c1-15-6-4-7-16(2)20(15)27-18-9-12-23(13-10-18)21(26)22-17(3)14-24-11-5-8-19(24)25/h4,6-7,17-18H,5,8-14H2,1-3H3,(H,22,26)/t17-/m1/s1. The largest absolute Gasteiger partial charge is 0.490 e. The minimum Gasteiger partial charge on any atom is -0.490 e. The van der Waals surface area contributed by atoms with E-state index in [0.717, 1.165) is 42.7 Å². The highest BCUT2D eigenvalue weighted by atomic mass is 16.5. The third-order valence-electron chi connectivity index (χ3n) is 5.46. The summed E-state index contributed by atoms with van der Waals surface area (Å²) in [5.74, 6) is 1.17. The van der Waals surface area contributed by atoms with Crippen LogP contribution in [-0.4, -0.2) is 60.1 Å². The van der Waals surface area contributed by atoms with Crippen LogP contribution in [0.2, 0.25) is 0 Å². The third kappa shape index (κ3) is 4.93. The molecule has 0 bridgehead atoms. The molecule has 0 aliphatic carbocycles. The number of nitrogens with zero attached hydrogens (tertiary/aromatic N) is 2. The molecule has 1 N–H and O–H groups in total. The molecule has 2 aliphatic heterocycles. The summed E-state index contributed by atoms with van der Waals surface area (Å²) in [6.07, 6.45) is 3.37. The zero-order valence-electron chi connectivity index (χ0n) is 16.7. The van der Waals surface area contributed by atoms with Crippen molar-refractivity contribution in [3.05, 3.63) is 29.3 Å². The molecule has 0 saturated carbocycles.